The number of hydrogen-bond acceptors (Lipinski definition) is 3. The maximum atomic E-state index is 6.12. The third-order valence-electron chi connectivity index (χ3n) is 4.59. The van der Waals surface area contributed by atoms with E-state index in [2.05, 4.69) is 47.1 Å². The van der Waals surface area contributed by atoms with E-state index in [1.807, 2.05) is 13.1 Å². The molecule has 2 heterocycles. The van der Waals surface area contributed by atoms with Crippen LogP contribution in [0.4, 0.5) is 5.69 Å². The summed E-state index contributed by atoms with van der Waals surface area (Å²) in [7, 11) is 0. The van der Waals surface area contributed by atoms with Gasteiger partial charge in [-0.25, -0.2) is 0 Å². The van der Waals surface area contributed by atoms with Gasteiger partial charge in [-0.3, -0.25) is 9.88 Å². The Morgan fingerprint density at radius 1 is 1.24 bits per heavy atom. The topological polar surface area (TPSA) is 42.2 Å². The number of aryl methyl sites for hydroxylation is 1. The van der Waals surface area contributed by atoms with E-state index in [1.54, 1.807) is 0 Å². The molecule has 0 radical (unpaired) electrons. The van der Waals surface area contributed by atoms with Crippen molar-refractivity contribution >= 4 is 5.69 Å². The van der Waals surface area contributed by atoms with Crippen LogP contribution in [0.15, 0.2) is 36.5 Å². The molecule has 3 nitrogen and oxygen atoms in total. The van der Waals surface area contributed by atoms with Crippen molar-refractivity contribution in [3.05, 3.63) is 58.9 Å². The number of pyridine rings is 1. The van der Waals surface area contributed by atoms with Gasteiger partial charge >= 0.3 is 0 Å². The Balaban J connectivity index is 1.69. The molecular formula is C18H23N3. The zero-order valence-corrected chi connectivity index (χ0v) is 12.8. The number of nitrogens with zero attached hydrogens (tertiary/aromatic N) is 2. The molecule has 1 aliphatic rings. The largest absolute Gasteiger partial charge is 0.398 e. The van der Waals surface area contributed by atoms with Gasteiger partial charge in [-0.1, -0.05) is 30.3 Å². The number of nitrogen functional groups attached to an aromatic ring is 1. The SMILES string of the molecule is Cc1cnc(CN2CCC(c3ccccc3)C2)c(C)c1N. The van der Waals surface area contributed by atoms with Gasteiger partial charge in [-0.15, -0.1) is 0 Å². The summed E-state index contributed by atoms with van der Waals surface area (Å²) in [5.74, 6) is 0.648. The molecule has 0 spiro atoms. The Kier molecular flexibility index (Phi) is 3.93. The number of rotatable bonds is 3. The first-order valence-electron chi connectivity index (χ1n) is 7.63. The van der Waals surface area contributed by atoms with Gasteiger partial charge in [0.05, 0.1) is 5.69 Å². The lowest BCUT2D eigenvalue weighted by atomic mass is 9.99. The second kappa shape index (κ2) is 5.86. The summed E-state index contributed by atoms with van der Waals surface area (Å²) in [6, 6.07) is 10.8. The monoisotopic (exact) mass is 281 g/mol. The molecule has 0 amide bonds. The highest BCUT2D eigenvalue weighted by Crippen LogP contribution is 2.28. The molecule has 1 atom stereocenters. The minimum atomic E-state index is 0.648. The number of benzene rings is 1. The van der Waals surface area contributed by atoms with Gasteiger partial charge in [0.2, 0.25) is 0 Å². The molecule has 2 N–H and O–H groups in total. The number of anilines is 1. The molecule has 1 fully saturated rings. The van der Waals surface area contributed by atoms with E-state index in [4.69, 9.17) is 5.73 Å². The normalized spacial score (nSPS) is 19.0. The van der Waals surface area contributed by atoms with Crippen molar-refractivity contribution in [2.24, 2.45) is 0 Å². The van der Waals surface area contributed by atoms with Crippen LogP contribution in [0.1, 0.15) is 34.7 Å². The minimum Gasteiger partial charge on any atom is -0.398 e. The second-order valence-electron chi connectivity index (χ2n) is 6.06. The fourth-order valence-corrected chi connectivity index (χ4v) is 3.14. The predicted octanol–water partition coefficient (Wildman–Crippen LogP) is 3.27. The maximum absolute atomic E-state index is 6.12. The molecule has 0 saturated carbocycles. The summed E-state index contributed by atoms with van der Waals surface area (Å²) in [5.41, 5.74) is 11.8. The third-order valence-corrected chi connectivity index (χ3v) is 4.59. The summed E-state index contributed by atoms with van der Waals surface area (Å²) in [6.45, 7) is 7.24. The van der Waals surface area contributed by atoms with Crippen molar-refractivity contribution in [2.45, 2.75) is 32.7 Å². The van der Waals surface area contributed by atoms with Crippen LogP contribution in [0.25, 0.3) is 0 Å². The van der Waals surface area contributed by atoms with Crippen molar-refractivity contribution in [3.63, 3.8) is 0 Å². The van der Waals surface area contributed by atoms with E-state index in [1.165, 1.54) is 12.0 Å². The van der Waals surface area contributed by atoms with Gasteiger partial charge in [0.15, 0.2) is 0 Å². The van der Waals surface area contributed by atoms with E-state index in [-0.39, 0.29) is 0 Å². The van der Waals surface area contributed by atoms with E-state index in [0.29, 0.717) is 5.92 Å². The van der Waals surface area contributed by atoms with Crippen LogP contribution in [-0.4, -0.2) is 23.0 Å². The van der Waals surface area contributed by atoms with Crippen LogP contribution in [0, 0.1) is 13.8 Å². The molecule has 0 bridgehead atoms. The number of likely N-dealkylation sites (tertiary alicyclic amines) is 1. The second-order valence-corrected chi connectivity index (χ2v) is 6.06. The summed E-state index contributed by atoms with van der Waals surface area (Å²) in [4.78, 5) is 7.07. The van der Waals surface area contributed by atoms with E-state index in [0.717, 1.165) is 42.1 Å². The third kappa shape index (κ3) is 2.93. The summed E-state index contributed by atoms with van der Waals surface area (Å²) in [5, 5.41) is 0. The Labute approximate surface area is 126 Å². The summed E-state index contributed by atoms with van der Waals surface area (Å²) >= 11 is 0. The van der Waals surface area contributed by atoms with E-state index < -0.39 is 0 Å². The molecule has 2 aromatic rings. The highest BCUT2D eigenvalue weighted by molar-refractivity contribution is 5.53. The molecule has 1 aromatic carbocycles. The van der Waals surface area contributed by atoms with Crippen LogP contribution < -0.4 is 5.73 Å². The van der Waals surface area contributed by atoms with Crippen molar-refractivity contribution in [3.8, 4) is 0 Å². The van der Waals surface area contributed by atoms with Crippen LogP contribution in [-0.2, 0) is 6.54 Å². The summed E-state index contributed by atoms with van der Waals surface area (Å²) in [6.07, 6.45) is 3.12. The minimum absolute atomic E-state index is 0.648. The fraction of sp³-hybridized carbons (Fsp3) is 0.389. The lowest BCUT2D eigenvalue weighted by molar-refractivity contribution is 0.322. The standard InChI is InChI=1S/C18H23N3/c1-13-10-20-17(14(2)18(13)19)12-21-9-8-16(11-21)15-6-4-3-5-7-15/h3-7,10,16H,8-9,11-12H2,1-2H3,(H2,19,20). The molecule has 1 saturated heterocycles. The Morgan fingerprint density at radius 2 is 2.00 bits per heavy atom. The molecule has 1 unspecified atom stereocenters. The van der Waals surface area contributed by atoms with Crippen molar-refractivity contribution in [1.82, 2.24) is 9.88 Å². The van der Waals surface area contributed by atoms with Crippen LogP contribution in [0.2, 0.25) is 0 Å². The average Bonchev–Trinajstić information content (AvgIpc) is 2.97. The van der Waals surface area contributed by atoms with E-state index in [9.17, 15) is 0 Å². The Bertz CT molecular complexity index is 622. The highest BCUT2D eigenvalue weighted by Gasteiger charge is 2.24. The zero-order valence-electron chi connectivity index (χ0n) is 12.8. The van der Waals surface area contributed by atoms with Gasteiger partial charge in [-0.05, 0) is 49.4 Å². The number of aromatic nitrogens is 1. The van der Waals surface area contributed by atoms with Crippen molar-refractivity contribution in [2.75, 3.05) is 18.8 Å². The van der Waals surface area contributed by atoms with Crippen LogP contribution in [0.5, 0.6) is 0 Å². The van der Waals surface area contributed by atoms with Crippen LogP contribution in [0.3, 0.4) is 0 Å². The van der Waals surface area contributed by atoms with Crippen molar-refractivity contribution < 1.29 is 0 Å². The molecule has 21 heavy (non-hydrogen) atoms. The highest BCUT2D eigenvalue weighted by atomic mass is 15.1. The summed E-state index contributed by atoms with van der Waals surface area (Å²) < 4.78 is 0. The average molecular weight is 281 g/mol. The first kappa shape index (κ1) is 14.1. The smallest absolute Gasteiger partial charge is 0.0593 e. The number of hydrogen-bond donors (Lipinski definition) is 1. The predicted molar refractivity (Wildman–Crippen MR) is 87.2 cm³/mol. The molecule has 1 aromatic heterocycles. The first-order chi connectivity index (χ1) is 10.1. The molecule has 110 valence electrons. The van der Waals surface area contributed by atoms with Gasteiger partial charge in [0.1, 0.15) is 0 Å². The molecule has 3 rings (SSSR count). The molecule has 0 aliphatic carbocycles. The first-order valence-corrected chi connectivity index (χ1v) is 7.63. The van der Waals surface area contributed by atoms with Gasteiger partial charge in [0, 0.05) is 25.0 Å². The lowest BCUT2D eigenvalue weighted by Crippen LogP contribution is -2.21. The van der Waals surface area contributed by atoms with E-state index >= 15 is 0 Å². The Hall–Kier alpha value is -1.87. The van der Waals surface area contributed by atoms with Gasteiger partial charge in [0.25, 0.3) is 0 Å². The molecular weight excluding hydrogens is 258 g/mol. The zero-order chi connectivity index (χ0) is 14.8. The number of nitrogens with two attached hydrogens (primary N) is 1. The molecule has 1 aliphatic heterocycles. The fourth-order valence-electron chi connectivity index (χ4n) is 3.14. The lowest BCUT2D eigenvalue weighted by Gasteiger charge is -2.18. The quantitative estimate of drug-likeness (QED) is 0.939. The Morgan fingerprint density at radius 3 is 2.76 bits per heavy atom. The van der Waals surface area contributed by atoms with Crippen LogP contribution >= 0.6 is 0 Å². The molecule has 3 heteroatoms. The maximum Gasteiger partial charge on any atom is 0.0593 e. The van der Waals surface area contributed by atoms with Gasteiger partial charge in [-0.2, -0.15) is 0 Å². The van der Waals surface area contributed by atoms with Crippen molar-refractivity contribution in [1.29, 1.82) is 0 Å². The van der Waals surface area contributed by atoms with Gasteiger partial charge < -0.3 is 5.73 Å².